The van der Waals surface area contributed by atoms with Crippen LogP contribution < -0.4 is 14.5 Å². The molecule has 0 aliphatic heterocycles. The minimum Gasteiger partial charge on any atom is -0.493 e. The lowest BCUT2D eigenvalue weighted by Gasteiger charge is -2.08. The number of aromatic nitrogens is 2. The lowest BCUT2D eigenvalue weighted by atomic mass is 10.2. The summed E-state index contributed by atoms with van der Waals surface area (Å²) in [6, 6.07) is 15.4. The molecule has 0 spiro atoms. The van der Waals surface area contributed by atoms with Crippen molar-refractivity contribution in [1.82, 2.24) is 4.98 Å². The van der Waals surface area contributed by atoms with Crippen molar-refractivity contribution in [1.29, 1.82) is 0 Å². The molecule has 6 heteroatoms. The molecular formula is C21H20N3O2S+. The van der Waals surface area contributed by atoms with Crippen molar-refractivity contribution in [3.8, 4) is 16.3 Å². The number of hydrogen-bond acceptors (Lipinski definition) is 3. The quantitative estimate of drug-likeness (QED) is 0.504. The van der Waals surface area contributed by atoms with Gasteiger partial charge in [0, 0.05) is 6.07 Å². The van der Waals surface area contributed by atoms with E-state index >= 15 is 0 Å². The van der Waals surface area contributed by atoms with Crippen molar-refractivity contribution in [2.24, 2.45) is 0 Å². The van der Waals surface area contributed by atoms with Gasteiger partial charge in [-0.3, -0.25) is 9.78 Å². The normalized spacial score (nSPS) is 10.9. The SMILES string of the molecule is CCOc1ccccc1C(=O)Nc1c(-c2cccs2)[nH]c2cc(C)cc[n+]12. The van der Waals surface area contributed by atoms with Crippen LogP contribution in [0.4, 0.5) is 5.82 Å². The van der Waals surface area contributed by atoms with Gasteiger partial charge in [-0.05, 0) is 49.1 Å². The second-order valence-corrected chi connectivity index (χ2v) is 7.12. The number of ether oxygens (including phenoxy) is 1. The van der Waals surface area contributed by atoms with Gasteiger partial charge >= 0.3 is 5.91 Å². The first kappa shape index (κ1) is 17.3. The number of amides is 1. The third-order valence-electron chi connectivity index (χ3n) is 4.27. The summed E-state index contributed by atoms with van der Waals surface area (Å²) in [7, 11) is 0. The third kappa shape index (κ3) is 3.31. The maximum Gasteiger partial charge on any atom is 0.315 e. The molecule has 0 saturated carbocycles. The number of nitrogens with zero attached hydrogens (tertiary/aromatic N) is 1. The van der Waals surface area contributed by atoms with E-state index in [1.807, 2.05) is 66.2 Å². The topological polar surface area (TPSA) is 58.2 Å². The number of pyridine rings is 1. The fraction of sp³-hybridized carbons (Fsp3) is 0.143. The molecule has 2 N–H and O–H groups in total. The van der Waals surface area contributed by atoms with Crippen LogP contribution >= 0.6 is 11.3 Å². The lowest BCUT2D eigenvalue weighted by molar-refractivity contribution is -0.493. The molecule has 4 rings (SSSR count). The Bertz CT molecular complexity index is 1100. The Hall–Kier alpha value is -3.12. The molecule has 1 amide bonds. The molecule has 136 valence electrons. The van der Waals surface area contributed by atoms with E-state index in [2.05, 4.69) is 16.4 Å². The van der Waals surface area contributed by atoms with E-state index in [-0.39, 0.29) is 5.91 Å². The zero-order valence-electron chi connectivity index (χ0n) is 15.2. The van der Waals surface area contributed by atoms with Crippen LogP contribution in [0.2, 0.25) is 0 Å². The summed E-state index contributed by atoms with van der Waals surface area (Å²) in [5, 5.41) is 5.10. The van der Waals surface area contributed by atoms with Crippen LogP contribution in [0, 0.1) is 6.92 Å². The van der Waals surface area contributed by atoms with E-state index in [1.54, 1.807) is 17.4 Å². The fourth-order valence-corrected chi connectivity index (χ4v) is 3.76. The second-order valence-electron chi connectivity index (χ2n) is 6.17. The van der Waals surface area contributed by atoms with Crippen molar-refractivity contribution < 1.29 is 13.9 Å². The Morgan fingerprint density at radius 3 is 2.85 bits per heavy atom. The number of anilines is 1. The number of carbonyl (C=O) groups is 1. The average Bonchev–Trinajstić information content (AvgIpc) is 3.30. The number of para-hydroxylation sites is 1. The standard InChI is InChI=1S/C21H19N3O2S/c1-3-26-16-8-5-4-7-15(16)21(25)23-20-19(17-9-6-12-27-17)22-18-13-14(2)10-11-24(18)20/h4-13H,3H2,1-2H3,(H,23,25)/p+1. The number of aromatic amines is 1. The van der Waals surface area contributed by atoms with Crippen LogP contribution in [-0.4, -0.2) is 17.5 Å². The summed E-state index contributed by atoms with van der Waals surface area (Å²) in [6.07, 6.45) is 1.96. The Labute approximate surface area is 161 Å². The van der Waals surface area contributed by atoms with Crippen LogP contribution in [-0.2, 0) is 0 Å². The number of hydrogen-bond donors (Lipinski definition) is 2. The van der Waals surface area contributed by atoms with Gasteiger partial charge in [-0.1, -0.05) is 18.2 Å². The molecule has 27 heavy (non-hydrogen) atoms. The van der Waals surface area contributed by atoms with Gasteiger partial charge in [0.15, 0.2) is 5.69 Å². The summed E-state index contributed by atoms with van der Waals surface area (Å²) >= 11 is 1.62. The number of imidazole rings is 1. The largest absolute Gasteiger partial charge is 0.493 e. The molecule has 3 heterocycles. The zero-order valence-corrected chi connectivity index (χ0v) is 16.0. The van der Waals surface area contributed by atoms with Crippen molar-refractivity contribution in [3.05, 3.63) is 71.2 Å². The average molecular weight is 378 g/mol. The molecule has 0 saturated heterocycles. The van der Waals surface area contributed by atoms with Gasteiger partial charge in [-0.2, -0.15) is 0 Å². The van der Waals surface area contributed by atoms with E-state index in [9.17, 15) is 4.79 Å². The summed E-state index contributed by atoms with van der Waals surface area (Å²) in [4.78, 5) is 17.5. The first-order valence-electron chi connectivity index (χ1n) is 8.78. The van der Waals surface area contributed by atoms with Gasteiger partial charge in [0.05, 0.1) is 23.2 Å². The number of benzene rings is 1. The van der Waals surface area contributed by atoms with Crippen LogP contribution in [0.1, 0.15) is 22.8 Å². The Kier molecular flexibility index (Phi) is 4.64. The molecular weight excluding hydrogens is 358 g/mol. The lowest BCUT2D eigenvalue weighted by Crippen LogP contribution is -2.27. The van der Waals surface area contributed by atoms with Crippen molar-refractivity contribution in [2.75, 3.05) is 11.9 Å². The van der Waals surface area contributed by atoms with Gasteiger partial charge in [-0.15, -0.1) is 11.3 Å². The van der Waals surface area contributed by atoms with Crippen LogP contribution in [0.15, 0.2) is 60.1 Å². The second kappa shape index (κ2) is 7.25. The first-order valence-corrected chi connectivity index (χ1v) is 9.66. The van der Waals surface area contributed by atoms with Gasteiger partial charge in [0.1, 0.15) is 5.75 Å². The highest BCUT2D eigenvalue weighted by molar-refractivity contribution is 7.13. The highest BCUT2D eigenvalue weighted by atomic mass is 32.1. The zero-order chi connectivity index (χ0) is 18.8. The molecule has 4 aromatic rings. The van der Waals surface area contributed by atoms with E-state index < -0.39 is 0 Å². The minimum absolute atomic E-state index is 0.203. The fourth-order valence-electron chi connectivity index (χ4n) is 3.04. The van der Waals surface area contributed by atoms with Gasteiger partial charge in [-0.25, -0.2) is 9.72 Å². The highest BCUT2D eigenvalue weighted by Crippen LogP contribution is 2.30. The van der Waals surface area contributed by atoms with E-state index in [4.69, 9.17) is 4.74 Å². The molecule has 0 aliphatic carbocycles. The van der Waals surface area contributed by atoms with E-state index in [0.717, 1.165) is 21.8 Å². The number of nitrogens with one attached hydrogen (secondary N) is 2. The predicted octanol–water partition coefficient (Wildman–Crippen LogP) is 4.44. The predicted molar refractivity (Wildman–Crippen MR) is 108 cm³/mol. The number of carbonyl (C=O) groups excluding carboxylic acids is 1. The molecule has 1 aromatic carbocycles. The van der Waals surface area contributed by atoms with Crippen molar-refractivity contribution in [3.63, 3.8) is 0 Å². The maximum atomic E-state index is 13.0. The number of H-pyrrole nitrogens is 1. The third-order valence-corrected chi connectivity index (χ3v) is 5.16. The van der Waals surface area contributed by atoms with Crippen molar-refractivity contribution >= 4 is 28.7 Å². The number of thiophene rings is 1. The number of aryl methyl sites for hydroxylation is 1. The Balaban J connectivity index is 1.79. The van der Waals surface area contributed by atoms with Crippen LogP contribution in [0.5, 0.6) is 5.75 Å². The van der Waals surface area contributed by atoms with Crippen molar-refractivity contribution in [2.45, 2.75) is 13.8 Å². The molecule has 0 atom stereocenters. The summed E-state index contributed by atoms with van der Waals surface area (Å²) in [5.41, 5.74) is 3.47. The summed E-state index contributed by atoms with van der Waals surface area (Å²) in [6.45, 7) is 4.45. The molecule has 3 aromatic heterocycles. The first-order chi connectivity index (χ1) is 13.2. The van der Waals surface area contributed by atoms with Gasteiger partial charge in [0.2, 0.25) is 5.65 Å². The monoisotopic (exact) mass is 378 g/mol. The number of fused-ring (bicyclic) bond motifs is 1. The van der Waals surface area contributed by atoms with Crippen LogP contribution in [0.25, 0.3) is 16.2 Å². The van der Waals surface area contributed by atoms with E-state index in [1.165, 1.54) is 0 Å². The molecule has 0 radical (unpaired) electrons. The van der Waals surface area contributed by atoms with E-state index in [0.29, 0.717) is 23.7 Å². The number of rotatable bonds is 5. The van der Waals surface area contributed by atoms with Gasteiger partial charge < -0.3 is 4.74 Å². The smallest absolute Gasteiger partial charge is 0.315 e. The molecule has 5 nitrogen and oxygen atoms in total. The summed E-state index contributed by atoms with van der Waals surface area (Å²) in [5.74, 6) is 1.09. The maximum absolute atomic E-state index is 13.0. The summed E-state index contributed by atoms with van der Waals surface area (Å²) < 4.78 is 7.57. The molecule has 0 unspecified atom stereocenters. The van der Waals surface area contributed by atoms with Crippen LogP contribution in [0.3, 0.4) is 0 Å². The Morgan fingerprint density at radius 2 is 2.07 bits per heavy atom. The highest BCUT2D eigenvalue weighted by Gasteiger charge is 2.25. The minimum atomic E-state index is -0.203. The molecule has 0 fully saturated rings. The molecule has 0 aliphatic rings. The Morgan fingerprint density at radius 1 is 1.22 bits per heavy atom. The molecule has 0 bridgehead atoms. The van der Waals surface area contributed by atoms with Gasteiger partial charge in [0.25, 0.3) is 5.82 Å².